The van der Waals surface area contributed by atoms with E-state index in [1.54, 1.807) is 0 Å². The predicted molar refractivity (Wildman–Crippen MR) is 90.4 cm³/mol. The van der Waals surface area contributed by atoms with Crippen molar-refractivity contribution in [3.8, 4) is 0 Å². The van der Waals surface area contributed by atoms with Gasteiger partial charge in [0.2, 0.25) is 0 Å². The van der Waals surface area contributed by atoms with Crippen LogP contribution in [0.4, 0.5) is 5.69 Å². The largest absolute Gasteiger partial charge is 0.398 e. The van der Waals surface area contributed by atoms with Crippen LogP contribution in [0, 0.1) is 0 Å². The minimum atomic E-state index is 0.0657. The molecule has 0 radical (unpaired) electrons. The van der Waals surface area contributed by atoms with E-state index in [0.29, 0.717) is 5.92 Å². The van der Waals surface area contributed by atoms with Gasteiger partial charge in [-0.25, -0.2) is 0 Å². The van der Waals surface area contributed by atoms with Crippen molar-refractivity contribution in [3.63, 3.8) is 0 Å². The van der Waals surface area contributed by atoms with E-state index in [9.17, 15) is 0 Å². The van der Waals surface area contributed by atoms with Crippen LogP contribution in [-0.2, 0) is 5.41 Å². The summed E-state index contributed by atoms with van der Waals surface area (Å²) in [6, 6.07) is 10.9. The molecule has 1 heteroatoms. The summed E-state index contributed by atoms with van der Waals surface area (Å²) < 4.78 is 0. The first-order chi connectivity index (χ1) is 9.36. The normalized spacial score (nSPS) is 13.7. The second kappa shape index (κ2) is 5.47. The van der Waals surface area contributed by atoms with Crippen LogP contribution < -0.4 is 5.73 Å². The van der Waals surface area contributed by atoms with Gasteiger partial charge in [-0.15, -0.1) is 0 Å². The van der Waals surface area contributed by atoms with Crippen molar-refractivity contribution in [1.29, 1.82) is 0 Å². The van der Waals surface area contributed by atoms with Crippen LogP contribution in [0.15, 0.2) is 30.3 Å². The molecule has 0 aromatic heterocycles. The lowest BCUT2D eigenvalue weighted by molar-refractivity contribution is 0.598. The average Bonchev–Trinajstić information content (AvgIpc) is 2.36. The summed E-state index contributed by atoms with van der Waals surface area (Å²) in [5.74, 6) is 0.597. The summed E-state index contributed by atoms with van der Waals surface area (Å²) in [6.07, 6.45) is 2.45. The SMILES string of the molecule is CCCC(C)c1cccc2c(C(C)(C)C)c(N)ccc12. The van der Waals surface area contributed by atoms with Gasteiger partial charge >= 0.3 is 0 Å². The van der Waals surface area contributed by atoms with E-state index in [1.165, 1.54) is 34.7 Å². The monoisotopic (exact) mass is 269 g/mol. The molecule has 20 heavy (non-hydrogen) atoms. The van der Waals surface area contributed by atoms with Crippen LogP contribution in [0.3, 0.4) is 0 Å². The lowest BCUT2D eigenvalue weighted by atomic mass is 9.80. The van der Waals surface area contributed by atoms with Gasteiger partial charge in [-0.3, -0.25) is 0 Å². The van der Waals surface area contributed by atoms with Gasteiger partial charge in [-0.1, -0.05) is 65.3 Å². The Morgan fingerprint density at radius 1 is 1.05 bits per heavy atom. The van der Waals surface area contributed by atoms with E-state index in [4.69, 9.17) is 5.73 Å². The van der Waals surface area contributed by atoms with Gasteiger partial charge < -0.3 is 5.73 Å². The molecular weight excluding hydrogens is 242 g/mol. The zero-order valence-electron chi connectivity index (χ0n) is 13.5. The van der Waals surface area contributed by atoms with Crippen molar-refractivity contribution in [2.75, 3.05) is 5.73 Å². The second-order valence-electron chi connectivity index (χ2n) is 6.91. The smallest absolute Gasteiger partial charge is 0.0358 e. The molecular formula is C19H27N. The Bertz CT molecular complexity index is 605. The van der Waals surface area contributed by atoms with Gasteiger partial charge in [-0.05, 0) is 45.7 Å². The van der Waals surface area contributed by atoms with E-state index in [0.717, 1.165) is 5.69 Å². The van der Waals surface area contributed by atoms with Crippen molar-refractivity contribution in [2.24, 2.45) is 0 Å². The van der Waals surface area contributed by atoms with E-state index in [1.807, 2.05) is 0 Å². The molecule has 0 spiro atoms. The number of benzene rings is 2. The molecule has 0 aliphatic rings. The van der Waals surface area contributed by atoms with Gasteiger partial charge in [0, 0.05) is 5.69 Å². The standard InChI is InChI=1S/C19H27N/c1-6-8-13(2)14-9-7-10-16-15(14)11-12-17(20)18(16)19(3,4)5/h7,9-13H,6,8,20H2,1-5H3. The topological polar surface area (TPSA) is 26.0 Å². The fraction of sp³-hybridized carbons (Fsp3) is 0.474. The maximum atomic E-state index is 6.26. The van der Waals surface area contributed by atoms with Gasteiger partial charge in [0.05, 0.1) is 0 Å². The first-order valence-electron chi connectivity index (χ1n) is 7.67. The number of fused-ring (bicyclic) bond motifs is 1. The van der Waals surface area contributed by atoms with Crippen molar-refractivity contribution < 1.29 is 0 Å². The highest BCUT2D eigenvalue weighted by Gasteiger charge is 2.21. The third-order valence-electron chi connectivity index (χ3n) is 4.13. The molecule has 0 aliphatic carbocycles. The van der Waals surface area contributed by atoms with Gasteiger partial charge in [0.25, 0.3) is 0 Å². The van der Waals surface area contributed by atoms with Crippen LogP contribution >= 0.6 is 0 Å². The van der Waals surface area contributed by atoms with Crippen LogP contribution in [-0.4, -0.2) is 0 Å². The predicted octanol–water partition coefficient (Wildman–Crippen LogP) is 5.62. The first kappa shape index (κ1) is 14.9. The van der Waals surface area contributed by atoms with Crippen LogP contribution in [0.25, 0.3) is 10.8 Å². The first-order valence-corrected chi connectivity index (χ1v) is 7.67. The van der Waals surface area contributed by atoms with Crippen molar-refractivity contribution in [3.05, 3.63) is 41.5 Å². The molecule has 2 rings (SSSR count). The maximum absolute atomic E-state index is 6.26. The van der Waals surface area contributed by atoms with Crippen molar-refractivity contribution in [2.45, 2.75) is 58.8 Å². The molecule has 2 N–H and O–H groups in total. The number of rotatable bonds is 3. The molecule has 0 fully saturated rings. The lowest BCUT2D eigenvalue weighted by Gasteiger charge is -2.25. The van der Waals surface area contributed by atoms with Gasteiger partial charge in [0.1, 0.15) is 0 Å². The molecule has 1 atom stereocenters. The van der Waals surface area contributed by atoms with Gasteiger partial charge in [0.15, 0.2) is 0 Å². The summed E-state index contributed by atoms with van der Waals surface area (Å²) in [5, 5.41) is 2.69. The van der Waals surface area contributed by atoms with E-state index in [-0.39, 0.29) is 5.41 Å². The number of anilines is 1. The minimum absolute atomic E-state index is 0.0657. The molecule has 0 amide bonds. The van der Waals surface area contributed by atoms with Crippen LogP contribution in [0.5, 0.6) is 0 Å². The molecule has 2 aromatic rings. The van der Waals surface area contributed by atoms with E-state index >= 15 is 0 Å². The zero-order chi connectivity index (χ0) is 14.9. The fourth-order valence-electron chi connectivity index (χ4n) is 3.25. The zero-order valence-corrected chi connectivity index (χ0v) is 13.5. The third-order valence-corrected chi connectivity index (χ3v) is 4.13. The average molecular weight is 269 g/mol. The Morgan fingerprint density at radius 2 is 1.75 bits per heavy atom. The molecule has 0 saturated heterocycles. The highest BCUT2D eigenvalue weighted by molar-refractivity contribution is 5.93. The molecule has 0 saturated carbocycles. The Balaban J connectivity index is 2.72. The highest BCUT2D eigenvalue weighted by atomic mass is 14.6. The molecule has 1 unspecified atom stereocenters. The number of nitrogens with two attached hydrogens (primary N) is 1. The maximum Gasteiger partial charge on any atom is 0.0358 e. The molecule has 2 aromatic carbocycles. The summed E-state index contributed by atoms with van der Waals surface area (Å²) in [7, 11) is 0. The molecule has 0 heterocycles. The number of nitrogen functional groups attached to an aromatic ring is 1. The summed E-state index contributed by atoms with van der Waals surface area (Å²) >= 11 is 0. The molecule has 0 bridgehead atoms. The molecule has 108 valence electrons. The van der Waals surface area contributed by atoms with Crippen LogP contribution in [0.2, 0.25) is 0 Å². The minimum Gasteiger partial charge on any atom is -0.398 e. The Morgan fingerprint density at radius 3 is 2.35 bits per heavy atom. The highest BCUT2D eigenvalue weighted by Crippen LogP contribution is 2.38. The Kier molecular flexibility index (Phi) is 4.08. The quantitative estimate of drug-likeness (QED) is 0.719. The summed E-state index contributed by atoms with van der Waals surface area (Å²) in [4.78, 5) is 0. The Labute approximate surface area is 123 Å². The van der Waals surface area contributed by atoms with Gasteiger partial charge in [-0.2, -0.15) is 0 Å². The second-order valence-corrected chi connectivity index (χ2v) is 6.91. The third kappa shape index (κ3) is 2.67. The number of hydrogen-bond acceptors (Lipinski definition) is 1. The fourth-order valence-corrected chi connectivity index (χ4v) is 3.25. The van der Waals surface area contributed by atoms with Crippen molar-refractivity contribution >= 4 is 16.5 Å². The van der Waals surface area contributed by atoms with Crippen molar-refractivity contribution in [1.82, 2.24) is 0 Å². The lowest BCUT2D eigenvalue weighted by Crippen LogP contribution is -2.15. The van der Waals surface area contributed by atoms with E-state index in [2.05, 4.69) is 65.0 Å². The summed E-state index contributed by atoms with van der Waals surface area (Å²) in [6.45, 7) is 11.3. The summed E-state index contributed by atoms with van der Waals surface area (Å²) in [5.41, 5.74) is 9.96. The number of hydrogen-bond donors (Lipinski definition) is 1. The van der Waals surface area contributed by atoms with E-state index < -0.39 is 0 Å². The molecule has 0 aliphatic heterocycles. The molecule has 1 nitrogen and oxygen atoms in total. The van der Waals surface area contributed by atoms with Crippen LogP contribution in [0.1, 0.15) is 64.5 Å². The Hall–Kier alpha value is -1.50.